The number of nitrogens with zero attached hydrogens (tertiary/aromatic N) is 1. The van der Waals surface area contributed by atoms with Crippen LogP contribution in [0.3, 0.4) is 0 Å². The molecule has 0 aliphatic carbocycles. The van der Waals surface area contributed by atoms with Crippen molar-refractivity contribution in [3.05, 3.63) is 23.8 Å². The Balaban J connectivity index is 1.99. The quantitative estimate of drug-likeness (QED) is 0.621. The van der Waals surface area contributed by atoms with E-state index in [0.717, 1.165) is 5.56 Å². The van der Waals surface area contributed by atoms with Gasteiger partial charge in [-0.15, -0.1) is 0 Å². The fraction of sp³-hybridized carbons (Fsp3) is 0.273. The predicted octanol–water partition coefficient (Wildman–Crippen LogP) is 0.893. The van der Waals surface area contributed by atoms with E-state index in [-0.39, 0.29) is 0 Å². The molecule has 2 rings (SSSR count). The van der Waals surface area contributed by atoms with Crippen LogP contribution in [0.15, 0.2) is 23.4 Å². The van der Waals surface area contributed by atoms with Gasteiger partial charge in [-0.25, -0.2) is 4.79 Å². The van der Waals surface area contributed by atoms with E-state index in [1.54, 1.807) is 18.2 Å². The molecule has 0 aromatic heterocycles. The Morgan fingerprint density at radius 2 is 2.18 bits per heavy atom. The number of carboxylic acid groups (broad SMARTS) is 1. The Labute approximate surface area is 97.4 Å². The molecule has 1 heterocycles. The van der Waals surface area contributed by atoms with Crippen molar-refractivity contribution in [2.24, 2.45) is 5.16 Å². The number of benzene rings is 1. The summed E-state index contributed by atoms with van der Waals surface area (Å²) in [4.78, 5) is 14.7. The van der Waals surface area contributed by atoms with Gasteiger partial charge in [-0.1, -0.05) is 5.16 Å². The van der Waals surface area contributed by atoms with E-state index in [1.165, 1.54) is 6.21 Å². The second-order valence-electron chi connectivity index (χ2n) is 3.30. The molecule has 0 amide bonds. The van der Waals surface area contributed by atoms with Gasteiger partial charge in [0.05, 0.1) is 6.21 Å². The number of aliphatic carboxylic acids is 1. The van der Waals surface area contributed by atoms with Crippen LogP contribution >= 0.6 is 0 Å². The van der Waals surface area contributed by atoms with Gasteiger partial charge < -0.3 is 19.4 Å². The number of fused-ring (bicyclic) bond motifs is 1. The third-order valence-corrected chi connectivity index (χ3v) is 2.03. The summed E-state index contributed by atoms with van der Waals surface area (Å²) >= 11 is 0. The van der Waals surface area contributed by atoms with Gasteiger partial charge in [-0.2, -0.15) is 0 Å². The van der Waals surface area contributed by atoms with Crippen molar-refractivity contribution in [1.82, 2.24) is 0 Å². The third-order valence-electron chi connectivity index (χ3n) is 2.03. The van der Waals surface area contributed by atoms with Crippen LogP contribution in [-0.2, 0) is 9.63 Å². The van der Waals surface area contributed by atoms with Crippen LogP contribution in [0.2, 0.25) is 0 Å². The number of ether oxygens (including phenoxy) is 2. The number of carbonyl (C=O) groups is 1. The first kappa shape index (κ1) is 11.3. The van der Waals surface area contributed by atoms with Gasteiger partial charge in [-0.3, -0.25) is 0 Å². The summed E-state index contributed by atoms with van der Waals surface area (Å²) < 4.78 is 10.7. The highest BCUT2D eigenvalue weighted by atomic mass is 16.6. The molecule has 1 N–H and O–H groups in total. The van der Waals surface area contributed by atoms with Gasteiger partial charge in [0.25, 0.3) is 0 Å². The third kappa shape index (κ3) is 3.10. The van der Waals surface area contributed by atoms with Crippen LogP contribution in [0.1, 0.15) is 5.56 Å². The molecule has 0 saturated carbocycles. The maximum atomic E-state index is 10.2. The molecule has 0 bridgehead atoms. The molecule has 6 nitrogen and oxygen atoms in total. The number of hydrogen-bond acceptors (Lipinski definition) is 5. The Bertz CT molecular complexity index is 443. The van der Waals surface area contributed by atoms with Crippen molar-refractivity contribution in [1.29, 1.82) is 0 Å². The molecule has 1 aliphatic heterocycles. The summed E-state index contributed by atoms with van der Waals surface area (Å²) in [5.41, 5.74) is 0.750. The lowest BCUT2D eigenvalue weighted by Gasteiger charge is -2.18. The molecule has 1 aromatic carbocycles. The van der Waals surface area contributed by atoms with Gasteiger partial charge in [0.15, 0.2) is 11.5 Å². The molecule has 1 aliphatic rings. The standard InChI is InChI=1S/C11H11NO5/c13-11(14)7-17-12-6-8-1-2-9-10(5-8)16-4-3-15-9/h1-2,5-6H,3-4,7H2,(H,13,14). The predicted molar refractivity (Wildman–Crippen MR) is 58.6 cm³/mol. The molecule has 0 saturated heterocycles. The van der Waals surface area contributed by atoms with Crippen molar-refractivity contribution in [2.45, 2.75) is 0 Å². The summed E-state index contributed by atoms with van der Waals surface area (Å²) in [6.07, 6.45) is 1.42. The van der Waals surface area contributed by atoms with Crippen molar-refractivity contribution in [3.63, 3.8) is 0 Å². The van der Waals surface area contributed by atoms with Crippen molar-refractivity contribution in [3.8, 4) is 11.5 Å². The average molecular weight is 237 g/mol. The number of hydrogen-bond donors (Lipinski definition) is 1. The molecule has 6 heteroatoms. The monoisotopic (exact) mass is 237 g/mol. The van der Waals surface area contributed by atoms with Crippen molar-refractivity contribution < 1.29 is 24.2 Å². The molecule has 17 heavy (non-hydrogen) atoms. The van der Waals surface area contributed by atoms with E-state index in [9.17, 15) is 4.79 Å². The fourth-order valence-electron chi connectivity index (χ4n) is 1.33. The largest absolute Gasteiger partial charge is 0.486 e. The molecule has 0 radical (unpaired) electrons. The maximum Gasteiger partial charge on any atom is 0.344 e. The summed E-state index contributed by atoms with van der Waals surface area (Å²) in [6.45, 7) is 0.603. The zero-order valence-electron chi connectivity index (χ0n) is 8.96. The minimum atomic E-state index is -1.07. The SMILES string of the molecule is O=C(O)CON=Cc1ccc2c(c1)OCCO2. The minimum Gasteiger partial charge on any atom is -0.486 e. The Morgan fingerprint density at radius 3 is 2.94 bits per heavy atom. The van der Waals surface area contributed by atoms with Crippen molar-refractivity contribution in [2.75, 3.05) is 19.8 Å². The van der Waals surface area contributed by atoms with Crippen LogP contribution in [-0.4, -0.2) is 37.1 Å². The summed E-state index contributed by atoms with van der Waals surface area (Å²) in [7, 11) is 0. The smallest absolute Gasteiger partial charge is 0.344 e. The first-order chi connectivity index (χ1) is 8.25. The number of rotatable bonds is 4. The summed E-state index contributed by atoms with van der Waals surface area (Å²) in [5.74, 6) is 0.280. The second-order valence-corrected chi connectivity index (χ2v) is 3.30. The van der Waals surface area contributed by atoms with Crippen molar-refractivity contribution >= 4 is 12.2 Å². The zero-order valence-corrected chi connectivity index (χ0v) is 8.96. The van der Waals surface area contributed by atoms with Crippen LogP contribution in [0.25, 0.3) is 0 Å². The summed E-state index contributed by atoms with van der Waals surface area (Å²) in [5, 5.41) is 11.9. The molecular formula is C11H11NO5. The van der Waals surface area contributed by atoms with Crippen LogP contribution in [0.4, 0.5) is 0 Å². The fourth-order valence-corrected chi connectivity index (χ4v) is 1.33. The van der Waals surface area contributed by atoms with E-state index in [1.807, 2.05) is 0 Å². The highest BCUT2D eigenvalue weighted by molar-refractivity contribution is 5.80. The highest BCUT2D eigenvalue weighted by Gasteiger charge is 2.10. The van der Waals surface area contributed by atoms with Gasteiger partial charge >= 0.3 is 5.97 Å². The van der Waals surface area contributed by atoms with Gasteiger partial charge in [0.1, 0.15) is 13.2 Å². The van der Waals surface area contributed by atoms with Gasteiger partial charge in [0.2, 0.25) is 6.61 Å². The van der Waals surface area contributed by atoms with E-state index in [2.05, 4.69) is 9.99 Å². The number of oxime groups is 1. The zero-order chi connectivity index (χ0) is 12.1. The van der Waals surface area contributed by atoms with Crippen LogP contribution in [0.5, 0.6) is 11.5 Å². The second kappa shape index (κ2) is 5.20. The molecule has 0 spiro atoms. The Hall–Kier alpha value is -2.24. The Morgan fingerprint density at radius 1 is 1.41 bits per heavy atom. The lowest BCUT2D eigenvalue weighted by Crippen LogP contribution is -2.15. The van der Waals surface area contributed by atoms with E-state index in [0.29, 0.717) is 24.7 Å². The molecule has 0 fully saturated rings. The normalized spacial score (nSPS) is 13.6. The lowest BCUT2D eigenvalue weighted by molar-refractivity contribution is -0.142. The molecule has 90 valence electrons. The molecular weight excluding hydrogens is 226 g/mol. The molecule has 0 atom stereocenters. The summed E-state index contributed by atoms with van der Waals surface area (Å²) in [6, 6.07) is 5.30. The average Bonchev–Trinajstić information content (AvgIpc) is 2.34. The Kier molecular flexibility index (Phi) is 3.44. The molecule has 0 unspecified atom stereocenters. The van der Waals surface area contributed by atoms with Crippen LogP contribution < -0.4 is 9.47 Å². The van der Waals surface area contributed by atoms with E-state index < -0.39 is 12.6 Å². The van der Waals surface area contributed by atoms with E-state index >= 15 is 0 Å². The highest BCUT2D eigenvalue weighted by Crippen LogP contribution is 2.30. The van der Waals surface area contributed by atoms with Crippen LogP contribution in [0, 0.1) is 0 Å². The van der Waals surface area contributed by atoms with Gasteiger partial charge in [0, 0.05) is 5.56 Å². The van der Waals surface area contributed by atoms with E-state index in [4.69, 9.17) is 14.6 Å². The van der Waals surface area contributed by atoms with Gasteiger partial charge in [-0.05, 0) is 18.2 Å². The minimum absolute atomic E-state index is 0.457. The first-order valence-corrected chi connectivity index (χ1v) is 5.02. The number of carboxylic acids is 1. The lowest BCUT2D eigenvalue weighted by atomic mass is 10.2. The first-order valence-electron chi connectivity index (χ1n) is 5.02. The maximum absolute atomic E-state index is 10.2. The molecule has 1 aromatic rings. The topological polar surface area (TPSA) is 77.4 Å².